The second-order valence-corrected chi connectivity index (χ2v) is 6.77. The molecule has 0 aliphatic rings. The Bertz CT molecular complexity index is 1240. The van der Waals surface area contributed by atoms with E-state index in [1.165, 1.54) is 9.13 Å². The highest BCUT2D eigenvalue weighted by Crippen LogP contribution is 2.19. The lowest BCUT2D eigenvalue weighted by Crippen LogP contribution is -2.41. The molecule has 6 nitrogen and oxygen atoms in total. The van der Waals surface area contributed by atoms with Crippen LogP contribution in [0.4, 0.5) is 0 Å². The van der Waals surface area contributed by atoms with Crippen molar-refractivity contribution in [2.75, 3.05) is 0 Å². The van der Waals surface area contributed by atoms with E-state index < -0.39 is 11.1 Å². The van der Waals surface area contributed by atoms with E-state index in [2.05, 4.69) is 5.16 Å². The van der Waals surface area contributed by atoms with Crippen molar-refractivity contribution in [3.8, 4) is 0 Å². The Balaban J connectivity index is 1.93. The summed E-state index contributed by atoms with van der Waals surface area (Å²) in [6, 6.07) is 16.4. The smallest absolute Gasteiger partial charge is 0.317 e. The van der Waals surface area contributed by atoms with Gasteiger partial charge >= 0.3 is 11.1 Å². The maximum Gasteiger partial charge on any atom is 0.317 e. The Morgan fingerprint density at radius 1 is 0.926 bits per heavy atom. The highest BCUT2D eigenvalue weighted by molar-refractivity contribution is 6.31. The number of hydrogen-bond donors (Lipinski definition) is 0. The quantitative estimate of drug-likeness (QED) is 0.509. The summed E-state index contributed by atoms with van der Waals surface area (Å²) in [5, 5.41) is 4.32. The number of benzene rings is 2. The number of hydrogen-bond acceptors (Lipinski definition) is 4. The maximum absolute atomic E-state index is 12.8. The van der Waals surface area contributed by atoms with Gasteiger partial charge in [-0.1, -0.05) is 47.1 Å². The lowest BCUT2D eigenvalue weighted by Gasteiger charge is -2.14. The van der Waals surface area contributed by atoms with Crippen LogP contribution in [0.1, 0.15) is 17.0 Å². The van der Waals surface area contributed by atoms with Crippen molar-refractivity contribution in [3.63, 3.8) is 0 Å². The van der Waals surface area contributed by atoms with Gasteiger partial charge in [-0.05, 0) is 30.7 Å². The van der Waals surface area contributed by atoms with Crippen LogP contribution in [0.15, 0.2) is 68.7 Å². The first kappa shape index (κ1) is 17.3. The van der Waals surface area contributed by atoms with Gasteiger partial charge in [0.1, 0.15) is 0 Å². The molecule has 0 atom stereocenters. The average molecular weight is 382 g/mol. The molecular formula is C20H16ClN3O3. The van der Waals surface area contributed by atoms with E-state index in [1.54, 1.807) is 31.2 Å². The molecule has 0 unspecified atom stereocenters. The van der Waals surface area contributed by atoms with Crippen molar-refractivity contribution >= 4 is 22.6 Å². The molecule has 0 saturated heterocycles. The summed E-state index contributed by atoms with van der Waals surface area (Å²) >= 11 is 6.16. The lowest BCUT2D eigenvalue weighted by atomic mass is 10.2. The standard InChI is InChI=1S/C20H16ClN3O3/c1-13-9-16(27-22-13)12-24-18-10-15(21)7-8-17(18)23(19(25)20(24)26)11-14-5-3-2-4-6-14/h2-10H,11-12H2,1H3. The number of nitrogens with zero attached hydrogens (tertiary/aromatic N) is 3. The number of aryl methyl sites for hydroxylation is 1. The van der Waals surface area contributed by atoms with Gasteiger partial charge in [0.05, 0.1) is 29.8 Å². The molecule has 0 aliphatic heterocycles. The van der Waals surface area contributed by atoms with Crippen LogP contribution in [0.25, 0.3) is 11.0 Å². The zero-order valence-corrected chi connectivity index (χ0v) is 15.3. The van der Waals surface area contributed by atoms with Crippen molar-refractivity contribution in [2.45, 2.75) is 20.0 Å². The molecule has 2 aromatic carbocycles. The predicted molar refractivity (Wildman–Crippen MR) is 103 cm³/mol. The minimum atomic E-state index is -0.630. The highest BCUT2D eigenvalue weighted by atomic mass is 35.5. The molecule has 0 saturated carbocycles. The van der Waals surface area contributed by atoms with Gasteiger partial charge in [0.2, 0.25) is 0 Å². The Morgan fingerprint density at radius 3 is 2.30 bits per heavy atom. The summed E-state index contributed by atoms with van der Waals surface area (Å²) in [6.07, 6.45) is 0. The average Bonchev–Trinajstić information content (AvgIpc) is 3.08. The molecule has 0 aliphatic carbocycles. The lowest BCUT2D eigenvalue weighted by molar-refractivity contribution is 0.372. The zero-order chi connectivity index (χ0) is 19.0. The molecule has 4 rings (SSSR count). The molecule has 2 aromatic heterocycles. The van der Waals surface area contributed by atoms with E-state index in [0.717, 1.165) is 5.56 Å². The first-order valence-corrected chi connectivity index (χ1v) is 8.80. The SMILES string of the molecule is Cc1cc(Cn2c(=O)c(=O)n(Cc3ccccc3)c3ccc(Cl)cc32)on1. The molecule has 0 bridgehead atoms. The molecule has 0 amide bonds. The molecule has 4 aromatic rings. The van der Waals surface area contributed by atoms with Gasteiger partial charge in [-0.15, -0.1) is 0 Å². The third-order valence-corrected chi connectivity index (χ3v) is 4.60. The van der Waals surface area contributed by atoms with Crippen molar-refractivity contribution in [1.82, 2.24) is 14.3 Å². The van der Waals surface area contributed by atoms with E-state index in [9.17, 15) is 9.59 Å². The first-order chi connectivity index (χ1) is 13.0. The summed E-state index contributed by atoms with van der Waals surface area (Å²) in [5.41, 5.74) is 1.61. The minimum Gasteiger partial charge on any atom is -0.359 e. The van der Waals surface area contributed by atoms with Crippen molar-refractivity contribution in [3.05, 3.63) is 97.3 Å². The number of aromatic nitrogens is 3. The highest BCUT2D eigenvalue weighted by Gasteiger charge is 2.15. The topological polar surface area (TPSA) is 70.0 Å². The summed E-state index contributed by atoms with van der Waals surface area (Å²) < 4.78 is 8.07. The van der Waals surface area contributed by atoms with Crippen molar-refractivity contribution < 1.29 is 4.52 Å². The van der Waals surface area contributed by atoms with Crippen molar-refractivity contribution in [2.24, 2.45) is 0 Å². The molecule has 0 N–H and O–H groups in total. The Hall–Kier alpha value is -3.12. The van der Waals surface area contributed by atoms with Crippen LogP contribution in [0.2, 0.25) is 5.02 Å². The fourth-order valence-electron chi connectivity index (χ4n) is 3.12. The van der Waals surface area contributed by atoms with Crippen LogP contribution < -0.4 is 11.1 Å². The molecule has 0 radical (unpaired) electrons. The predicted octanol–water partition coefficient (Wildman–Crippen LogP) is 3.21. The van der Waals surface area contributed by atoms with Crippen LogP contribution in [0.5, 0.6) is 0 Å². The molecule has 0 spiro atoms. The maximum atomic E-state index is 12.8. The third kappa shape index (κ3) is 3.31. The fourth-order valence-corrected chi connectivity index (χ4v) is 3.28. The summed E-state index contributed by atoms with van der Waals surface area (Å²) in [6.45, 7) is 2.20. The summed E-state index contributed by atoms with van der Waals surface area (Å²) in [5.74, 6) is 0.496. The second-order valence-electron chi connectivity index (χ2n) is 6.34. The van der Waals surface area contributed by atoms with Gasteiger partial charge < -0.3 is 4.52 Å². The molecule has 2 heterocycles. The van der Waals surface area contributed by atoms with Gasteiger partial charge in [0, 0.05) is 11.1 Å². The van der Waals surface area contributed by atoms with E-state index in [0.29, 0.717) is 34.1 Å². The van der Waals surface area contributed by atoms with Gasteiger partial charge in [0.25, 0.3) is 0 Å². The van der Waals surface area contributed by atoms with Crippen LogP contribution in [0, 0.1) is 6.92 Å². The van der Waals surface area contributed by atoms with Gasteiger partial charge in [-0.25, -0.2) is 0 Å². The summed E-state index contributed by atoms with van der Waals surface area (Å²) in [4.78, 5) is 25.7. The largest absolute Gasteiger partial charge is 0.359 e. The van der Waals surface area contributed by atoms with Crippen LogP contribution in [-0.2, 0) is 13.1 Å². The number of fused-ring (bicyclic) bond motifs is 1. The Labute approximate surface area is 159 Å². The van der Waals surface area contributed by atoms with E-state index in [-0.39, 0.29) is 6.54 Å². The zero-order valence-electron chi connectivity index (χ0n) is 14.6. The van der Waals surface area contributed by atoms with E-state index in [1.807, 2.05) is 30.3 Å². The van der Waals surface area contributed by atoms with Crippen LogP contribution in [0.3, 0.4) is 0 Å². The van der Waals surface area contributed by atoms with Gasteiger partial charge in [-0.3, -0.25) is 18.7 Å². The molecule has 7 heteroatoms. The monoisotopic (exact) mass is 381 g/mol. The number of rotatable bonds is 4. The minimum absolute atomic E-state index is 0.109. The number of halogens is 1. The molecule has 27 heavy (non-hydrogen) atoms. The Morgan fingerprint density at radius 2 is 1.63 bits per heavy atom. The fraction of sp³-hybridized carbons (Fsp3) is 0.150. The van der Waals surface area contributed by atoms with Crippen molar-refractivity contribution in [1.29, 1.82) is 0 Å². The van der Waals surface area contributed by atoms with E-state index >= 15 is 0 Å². The van der Waals surface area contributed by atoms with E-state index in [4.69, 9.17) is 16.1 Å². The first-order valence-electron chi connectivity index (χ1n) is 8.42. The summed E-state index contributed by atoms with van der Waals surface area (Å²) in [7, 11) is 0. The third-order valence-electron chi connectivity index (χ3n) is 4.37. The molecule has 136 valence electrons. The van der Waals surface area contributed by atoms with Gasteiger partial charge in [0.15, 0.2) is 5.76 Å². The normalized spacial score (nSPS) is 11.2. The van der Waals surface area contributed by atoms with Crippen LogP contribution >= 0.6 is 11.6 Å². The van der Waals surface area contributed by atoms with Crippen LogP contribution in [-0.4, -0.2) is 14.3 Å². The Kier molecular flexibility index (Phi) is 4.41. The second kappa shape index (κ2) is 6.89. The molecule has 0 fully saturated rings. The molecular weight excluding hydrogens is 366 g/mol. The van der Waals surface area contributed by atoms with Gasteiger partial charge in [-0.2, -0.15) is 0 Å².